The first-order valence-corrected chi connectivity index (χ1v) is 13.4. The molecule has 8 nitrogen and oxygen atoms in total. The minimum Gasteiger partial charge on any atom is -0.373 e. The average molecular weight is 500 g/mol. The highest BCUT2D eigenvalue weighted by atomic mass is 32.2. The van der Waals surface area contributed by atoms with Gasteiger partial charge < -0.3 is 9.64 Å². The van der Waals surface area contributed by atoms with Gasteiger partial charge in [-0.3, -0.25) is 14.5 Å². The molecule has 2 aromatic rings. The summed E-state index contributed by atoms with van der Waals surface area (Å²) in [5.41, 5.74) is 2.22. The van der Waals surface area contributed by atoms with Crippen molar-refractivity contribution in [1.82, 2.24) is 14.1 Å². The lowest BCUT2D eigenvalue weighted by molar-refractivity contribution is -0.0704. The van der Waals surface area contributed by atoms with Crippen LogP contribution in [0.15, 0.2) is 53.4 Å². The van der Waals surface area contributed by atoms with Crippen LogP contribution >= 0.6 is 0 Å². The number of nitrogens with zero attached hydrogens (tertiary/aromatic N) is 3. The topological polar surface area (TPSA) is 87.2 Å². The highest BCUT2D eigenvalue weighted by Gasteiger charge is 2.30. The van der Waals surface area contributed by atoms with Crippen molar-refractivity contribution in [2.24, 2.45) is 0 Å². The minimum absolute atomic E-state index is 0.0898. The molecule has 2 saturated heterocycles. The summed E-state index contributed by atoms with van der Waals surface area (Å²) in [7, 11) is -3.68. The van der Waals surface area contributed by atoms with Crippen molar-refractivity contribution in [2.75, 3.05) is 39.3 Å². The van der Waals surface area contributed by atoms with Crippen LogP contribution in [-0.2, 0) is 21.3 Å². The SMILES string of the molecule is CC(=O)c1ccc(S(=O)(=O)N2CCN(C(=O)c3ccc(CN4CC(C)OC(C)C4)cc3)CC2)cc1. The summed E-state index contributed by atoms with van der Waals surface area (Å²) in [5, 5.41) is 0. The third-order valence-corrected chi connectivity index (χ3v) is 8.44. The molecule has 2 aromatic carbocycles. The molecule has 2 unspecified atom stereocenters. The van der Waals surface area contributed by atoms with Crippen LogP contribution in [-0.4, -0.2) is 85.7 Å². The van der Waals surface area contributed by atoms with E-state index in [2.05, 4.69) is 18.7 Å². The number of piperazine rings is 1. The van der Waals surface area contributed by atoms with Gasteiger partial charge in [-0.15, -0.1) is 0 Å². The highest BCUT2D eigenvalue weighted by molar-refractivity contribution is 7.89. The molecular formula is C26H33N3O5S. The molecule has 1 amide bonds. The molecule has 188 valence electrons. The molecule has 0 saturated carbocycles. The quantitative estimate of drug-likeness (QED) is 0.568. The fraction of sp³-hybridized carbons (Fsp3) is 0.462. The molecule has 0 bridgehead atoms. The Bertz CT molecular complexity index is 1150. The Morgan fingerprint density at radius 3 is 1.94 bits per heavy atom. The smallest absolute Gasteiger partial charge is 0.253 e. The van der Waals surface area contributed by atoms with Gasteiger partial charge in [-0.25, -0.2) is 8.42 Å². The first-order valence-electron chi connectivity index (χ1n) is 12.0. The molecule has 2 fully saturated rings. The molecule has 9 heteroatoms. The monoisotopic (exact) mass is 499 g/mol. The number of Topliss-reactive ketones (excluding diaryl/α,β-unsaturated/α-hetero) is 1. The second-order valence-corrected chi connectivity index (χ2v) is 11.4. The Morgan fingerprint density at radius 2 is 1.40 bits per heavy atom. The first-order chi connectivity index (χ1) is 16.6. The molecule has 0 aliphatic carbocycles. The Morgan fingerprint density at radius 1 is 0.857 bits per heavy atom. The fourth-order valence-corrected chi connectivity index (χ4v) is 6.17. The largest absolute Gasteiger partial charge is 0.373 e. The summed E-state index contributed by atoms with van der Waals surface area (Å²) >= 11 is 0. The number of morpholine rings is 1. The van der Waals surface area contributed by atoms with Crippen LogP contribution in [0.25, 0.3) is 0 Å². The number of carbonyl (C=O) groups is 2. The van der Waals surface area contributed by atoms with E-state index >= 15 is 0 Å². The Kier molecular flexibility index (Phi) is 7.70. The molecule has 2 aliphatic rings. The van der Waals surface area contributed by atoms with Crippen LogP contribution in [0.5, 0.6) is 0 Å². The minimum atomic E-state index is -3.68. The second-order valence-electron chi connectivity index (χ2n) is 9.43. The van der Waals surface area contributed by atoms with Gasteiger partial charge in [0.25, 0.3) is 5.91 Å². The number of ether oxygens (including phenoxy) is 1. The number of hydrogen-bond donors (Lipinski definition) is 0. The van der Waals surface area contributed by atoms with Gasteiger partial charge in [-0.05, 0) is 50.6 Å². The summed E-state index contributed by atoms with van der Waals surface area (Å²) in [6.45, 7) is 9.32. The van der Waals surface area contributed by atoms with Crippen molar-refractivity contribution < 1.29 is 22.7 Å². The molecule has 2 aliphatic heterocycles. The van der Waals surface area contributed by atoms with Crippen molar-refractivity contribution in [2.45, 2.75) is 44.4 Å². The van der Waals surface area contributed by atoms with E-state index in [1.165, 1.54) is 35.5 Å². The predicted octanol–water partition coefficient (Wildman–Crippen LogP) is 2.65. The lowest BCUT2D eigenvalue weighted by Crippen LogP contribution is -2.50. The molecule has 0 radical (unpaired) electrons. The number of benzene rings is 2. The molecule has 0 N–H and O–H groups in total. The van der Waals surface area contributed by atoms with Crippen molar-refractivity contribution in [3.63, 3.8) is 0 Å². The van der Waals surface area contributed by atoms with Gasteiger partial charge in [-0.1, -0.05) is 24.3 Å². The first kappa shape index (κ1) is 25.5. The van der Waals surface area contributed by atoms with Gasteiger partial charge in [0.1, 0.15) is 0 Å². The summed E-state index contributed by atoms with van der Waals surface area (Å²) in [4.78, 5) is 28.7. The van der Waals surface area contributed by atoms with Gasteiger partial charge in [0.05, 0.1) is 17.1 Å². The van der Waals surface area contributed by atoms with E-state index < -0.39 is 10.0 Å². The molecule has 0 spiro atoms. The van der Waals surface area contributed by atoms with Gasteiger partial charge >= 0.3 is 0 Å². The maximum Gasteiger partial charge on any atom is 0.253 e. The van der Waals surface area contributed by atoms with Crippen LogP contribution in [0, 0.1) is 0 Å². The Hall–Kier alpha value is -2.59. The van der Waals surface area contributed by atoms with E-state index in [0.29, 0.717) is 24.2 Å². The molecule has 2 atom stereocenters. The fourth-order valence-electron chi connectivity index (χ4n) is 4.75. The lowest BCUT2D eigenvalue weighted by atomic mass is 10.1. The summed E-state index contributed by atoms with van der Waals surface area (Å²) < 4.78 is 33.2. The van der Waals surface area contributed by atoms with Crippen molar-refractivity contribution >= 4 is 21.7 Å². The van der Waals surface area contributed by atoms with Crippen LogP contribution in [0.3, 0.4) is 0 Å². The van der Waals surface area contributed by atoms with E-state index in [9.17, 15) is 18.0 Å². The number of rotatable bonds is 6. The van der Waals surface area contributed by atoms with E-state index in [-0.39, 0.29) is 41.9 Å². The number of carbonyl (C=O) groups excluding carboxylic acids is 2. The number of amides is 1. The summed E-state index contributed by atoms with van der Waals surface area (Å²) in [6.07, 6.45) is 0.420. The zero-order valence-electron chi connectivity index (χ0n) is 20.5. The van der Waals surface area contributed by atoms with Crippen LogP contribution in [0.2, 0.25) is 0 Å². The van der Waals surface area contributed by atoms with E-state index in [0.717, 1.165) is 25.2 Å². The normalized spacial score (nSPS) is 22.2. The predicted molar refractivity (Wildman–Crippen MR) is 133 cm³/mol. The number of ketones is 1. The van der Waals surface area contributed by atoms with E-state index in [1.807, 2.05) is 24.3 Å². The van der Waals surface area contributed by atoms with Crippen LogP contribution in [0.1, 0.15) is 47.1 Å². The molecular weight excluding hydrogens is 466 g/mol. The van der Waals surface area contributed by atoms with E-state index in [1.54, 1.807) is 4.90 Å². The highest BCUT2D eigenvalue weighted by Crippen LogP contribution is 2.20. The standard InChI is InChI=1S/C26H33N3O5S/c1-19-16-27(17-20(2)34-19)18-22-4-6-24(7-5-22)26(31)28-12-14-29(15-13-28)35(32,33)25-10-8-23(9-11-25)21(3)30/h4-11,19-20H,12-18H2,1-3H3. The van der Waals surface area contributed by atoms with Crippen LogP contribution in [0.4, 0.5) is 0 Å². The van der Waals surface area contributed by atoms with Crippen molar-refractivity contribution in [3.05, 3.63) is 65.2 Å². The zero-order valence-corrected chi connectivity index (χ0v) is 21.3. The Balaban J connectivity index is 1.33. The second kappa shape index (κ2) is 10.6. The third kappa shape index (κ3) is 5.98. The molecule has 0 aromatic heterocycles. The molecule has 4 rings (SSSR count). The maximum absolute atomic E-state index is 13.0. The summed E-state index contributed by atoms with van der Waals surface area (Å²) in [5.74, 6) is -0.201. The van der Waals surface area contributed by atoms with Crippen LogP contribution < -0.4 is 0 Å². The summed E-state index contributed by atoms with van der Waals surface area (Å²) in [6, 6.07) is 13.7. The number of sulfonamides is 1. The van der Waals surface area contributed by atoms with Gasteiger partial charge in [0, 0.05) is 56.9 Å². The number of hydrogen-bond acceptors (Lipinski definition) is 6. The third-order valence-electron chi connectivity index (χ3n) is 6.53. The van der Waals surface area contributed by atoms with Gasteiger partial charge in [-0.2, -0.15) is 4.31 Å². The van der Waals surface area contributed by atoms with E-state index in [4.69, 9.17) is 4.74 Å². The van der Waals surface area contributed by atoms with Gasteiger partial charge in [0.2, 0.25) is 10.0 Å². The average Bonchev–Trinajstić information content (AvgIpc) is 2.83. The lowest BCUT2D eigenvalue weighted by Gasteiger charge is -2.35. The maximum atomic E-state index is 13.0. The molecule has 2 heterocycles. The van der Waals surface area contributed by atoms with Crippen molar-refractivity contribution in [3.8, 4) is 0 Å². The zero-order chi connectivity index (χ0) is 25.2. The van der Waals surface area contributed by atoms with Crippen molar-refractivity contribution in [1.29, 1.82) is 0 Å². The molecule has 35 heavy (non-hydrogen) atoms. The Labute approximate surface area is 207 Å². The van der Waals surface area contributed by atoms with Gasteiger partial charge in [0.15, 0.2) is 5.78 Å².